The molecule has 96 valence electrons. The second-order valence-electron chi connectivity index (χ2n) is 4.69. The summed E-state index contributed by atoms with van der Waals surface area (Å²) in [6.07, 6.45) is 4.92. The van der Waals surface area contributed by atoms with Crippen molar-refractivity contribution in [2.75, 3.05) is 20.3 Å². The van der Waals surface area contributed by atoms with E-state index in [2.05, 4.69) is 17.6 Å². The van der Waals surface area contributed by atoms with E-state index in [1.807, 2.05) is 18.1 Å². The number of rotatable bonds is 3. The summed E-state index contributed by atoms with van der Waals surface area (Å²) in [5, 5.41) is 6.10. The number of carbonyl (C=O) groups is 1. The summed E-state index contributed by atoms with van der Waals surface area (Å²) in [7, 11) is 1.85. The minimum atomic E-state index is -0.0464. The van der Waals surface area contributed by atoms with Gasteiger partial charge < -0.3 is 20.3 Å². The largest absolute Gasteiger partial charge is 0.474 e. The van der Waals surface area contributed by atoms with E-state index in [0.717, 1.165) is 25.0 Å². The summed E-state index contributed by atoms with van der Waals surface area (Å²) in [6, 6.07) is 0.237. The average Bonchev–Trinajstić information content (AvgIpc) is 2.79. The van der Waals surface area contributed by atoms with Gasteiger partial charge in [0.25, 0.3) is 0 Å². The van der Waals surface area contributed by atoms with Gasteiger partial charge in [0, 0.05) is 12.2 Å². The summed E-state index contributed by atoms with van der Waals surface area (Å²) >= 11 is 0. The fourth-order valence-corrected chi connectivity index (χ4v) is 2.41. The minimum Gasteiger partial charge on any atom is -0.474 e. The van der Waals surface area contributed by atoms with Gasteiger partial charge in [0.05, 0.1) is 12.6 Å². The van der Waals surface area contributed by atoms with Gasteiger partial charge in [-0.25, -0.2) is 0 Å². The highest BCUT2D eigenvalue weighted by atomic mass is 16.5. The maximum Gasteiger partial charge on any atom is 0.240 e. The van der Waals surface area contributed by atoms with Crippen molar-refractivity contribution in [3.05, 3.63) is 12.0 Å². The van der Waals surface area contributed by atoms with Crippen LogP contribution in [0.25, 0.3) is 0 Å². The van der Waals surface area contributed by atoms with Crippen LogP contribution in [0.3, 0.4) is 0 Å². The van der Waals surface area contributed by atoms with Crippen LogP contribution in [0.5, 0.6) is 0 Å². The molecule has 0 aliphatic carbocycles. The smallest absolute Gasteiger partial charge is 0.240 e. The van der Waals surface area contributed by atoms with Crippen molar-refractivity contribution in [3.63, 3.8) is 0 Å². The zero-order valence-corrected chi connectivity index (χ0v) is 10.5. The molecule has 2 N–H and O–H groups in total. The van der Waals surface area contributed by atoms with Gasteiger partial charge in [-0.15, -0.1) is 0 Å². The summed E-state index contributed by atoms with van der Waals surface area (Å²) in [5.74, 6) is 1.04. The topological polar surface area (TPSA) is 53.6 Å². The molecular formula is C12H21N3O2. The van der Waals surface area contributed by atoms with Gasteiger partial charge in [-0.1, -0.05) is 0 Å². The maximum absolute atomic E-state index is 12.3. The molecule has 2 aliphatic rings. The number of carbonyl (C=O) groups excluding carboxylic acids is 1. The van der Waals surface area contributed by atoms with Gasteiger partial charge >= 0.3 is 0 Å². The van der Waals surface area contributed by atoms with Crippen LogP contribution in [0, 0.1) is 0 Å². The molecule has 0 spiro atoms. The highest BCUT2D eigenvalue weighted by molar-refractivity contribution is 5.82. The Balaban J connectivity index is 2.06. The van der Waals surface area contributed by atoms with Gasteiger partial charge in [-0.05, 0) is 33.2 Å². The Hall–Kier alpha value is -1.23. The highest BCUT2D eigenvalue weighted by Crippen LogP contribution is 2.19. The monoisotopic (exact) mass is 239 g/mol. The molecule has 1 saturated heterocycles. The summed E-state index contributed by atoms with van der Waals surface area (Å²) in [5.41, 5.74) is 0. The predicted molar refractivity (Wildman–Crippen MR) is 65.0 cm³/mol. The van der Waals surface area contributed by atoms with Crippen LogP contribution in [0.1, 0.15) is 26.2 Å². The molecule has 17 heavy (non-hydrogen) atoms. The van der Waals surface area contributed by atoms with Gasteiger partial charge in [-0.3, -0.25) is 4.79 Å². The molecule has 0 aromatic rings. The number of ether oxygens (including phenoxy) is 1. The van der Waals surface area contributed by atoms with Crippen LogP contribution >= 0.6 is 0 Å². The summed E-state index contributed by atoms with van der Waals surface area (Å²) in [4.78, 5) is 14.3. The fraction of sp³-hybridized carbons (Fsp3) is 0.750. The van der Waals surface area contributed by atoms with Gasteiger partial charge in [-0.2, -0.15) is 0 Å². The molecular weight excluding hydrogens is 218 g/mol. The van der Waals surface area contributed by atoms with Gasteiger partial charge in [0.2, 0.25) is 5.91 Å². The number of hydrogen-bond acceptors (Lipinski definition) is 4. The predicted octanol–water partition coefficient (Wildman–Crippen LogP) is 0.394. The minimum absolute atomic E-state index is 0.0464. The molecule has 5 nitrogen and oxygen atoms in total. The molecule has 5 heteroatoms. The Morgan fingerprint density at radius 1 is 1.59 bits per heavy atom. The van der Waals surface area contributed by atoms with Gasteiger partial charge in [0.1, 0.15) is 5.76 Å². The Morgan fingerprint density at radius 3 is 3.06 bits per heavy atom. The molecule has 0 bridgehead atoms. The first kappa shape index (κ1) is 12.2. The van der Waals surface area contributed by atoms with E-state index in [0.29, 0.717) is 13.3 Å². The van der Waals surface area contributed by atoms with Crippen LogP contribution < -0.4 is 10.6 Å². The van der Waals surface area contributed by atoms with Crippen molar-refractivity contribution in [2.24, 2.45) is 0 Å². The zero-order valence-electron chi connectivity index (χ0n) is 10.5. The molecule has 1 amide bonds. The fourth-order valence-electron chi connectivity index (χ4n) is 2.41. The molecule has 2 unspecified atom stereocenters. The van der Waals surface area contributed by atoms with E-state index in [1.54, 1.807) is 0 Å². The number of likely N-dealkylation sites (tertiary alicyclic amines) is 1. The Morgan fingerprint density at radius 2 is 2.41 bits per heavy atom. The average molecular weight is 239 g/mol. The lowest BCUT2D eigenvalue weighted by atomic mass is 10.1. The van der Waals surface area contributed by atoms with E-state index in [1.165, 1.54) is 0 Å². The Labute approximate surface area is 102 Å². The Kier molecular flexibility index (Phi) is 3.89. The molecule has 1 fully saturated rings. The van der Waals surface area contributed by atoms with Crippen LogP contribution in [0.4, 0.5) is 0 Å². The first-order chi connectivity index (χ1) is 8.22. The van der Waals surface area contributed by atoms with Crippen molar-refractivity contribution < 1.29 is 9.53 Å². The van der Waals surface area contributed by atoms with E-state index in [-0.39, 0.29) is 18.0 Å². The maximum atomic E-state index is 12.3. The zero-order chi connectivity index (χ0) is 12.3. The normalized spacial score (nSPS) is 29.4. The van der Waals surface area contributed by atoms with Crippen LogP contribution in [0.2, 0.25) is 0 Å². The van der Waals surface area contributed by atoms with Crippen molar-refractivity contribution in [1.82, 2.24) is 15.5 Å². The van der Waals surface area contributed by atoms with Gasteiger partial charge in [0.15, 0.2) is 6.73 Å². The van der Waals surface area contributed by atoms with Crippen LogP contribution in [-0.2, 0) is 9.53 Å². The lowest BCUT2D eigenvalue weighted by molar-refractivity contribution is -0.134. The van der Waals surface area contributed by atoms with E-state index in [4.69, 9.17) is 4.74 Å². The molecule has 2 atom stereocenters. The first-order valence-electron chi connectivity index (χ1n) is 6.25. The van der Waals surface area contributed by atoms with Crippen molar-refractivity contribution in [1.29, 1.82) is 0 Å². The number of likely N-dealkylation sites (N-methyl/N-ethyl adjacent to an activating group) is 1. The van der Waals surface area contributed by atoms with Crippen LogP contribution in [0.15, 0.2) is 12.0 Å². The van der Waals surface area contributed by atoms with Crippen molar-refractivity contribution >= 4 is 5.91 Å². The SMILES string of the molecule is CNC1CCCC(C)N(CC2=CNCO2)C1=O. The Bertz CT molecular complexity index is 317. The summed E-state index contributed by atoms with van der Waals surface area (Å²) in [6.45, 7) is 3.20. The van der Waals surface area contributed by atoms with E-state index in [9.17, 15) is 4.79 Å². The van der Waals surface area contributed by atoms with Crippen molar-refractivity contribution in [2.45, 2.75) is 38.3 Å². The number of hydrogen-bond donors (Lipinski definition) is 2. The molecule has 0 radical (unpaired) electrons. The lowest BCUT2D eigenvalue weighted by Crippen LogP contribution is -2.47. The number of nitrogens with one attached hydrogen (secondary N) is 2. The molecule has 0 saturated carbocycles. The third-order valence-corrected chi connectivity index (χ3v) is 3.51. The van der Waals surface area contributed by atoms with Crippen molar-refractivity contribution in [3.8, 4) is 0 Å². The number of amides is 1. The van der Waals surface area contributed by atoms with E-state index < -0.39 is 0 Å². The second-order valence-corrected chi connectivity index (χ2v) is 4.69. The second kappa shape index (κ2) is 5.40. The quantitative estimate of drug-likeness (QED) is 0.748. The first-order valence-corrected chi connectivity index (χ1v) is 6.25. The van der Waals surface area contributed by atoms with E-state index >= 15 is 0 Å². The molecule has 2 aliphatic heterocycles. The number of nitrogens with zero attached hydrogens (tertiary/aromatic N) is 1. The molecule has 0 aromatic heterocycles. The molecule has 2 rings (SSSR count). The lowest BCUT2D eigenvalue weighted by Gasteiger charge is -2.29. The molecule has 2 heterocycles. The third-order valence-electron chi connectivity index (χ3n) is 3.51. The standard InChI is InChI=1S/C12H21N3O2/c1-9-4-3-5-11(13-2)12(16)15(9)7-10-6-14-8-17-10/h6,9,11,13-14H,3-5,7-8H2,1-2H3. The van der Waals surface area contributed by atoms with Crippen LogP contribution in [-0.4, -0.2) is 43.2 Å². The molecule has 0 aromatic carbocycles. The summed E-state index contributed by atoms with van der Waals surface area (Å²) < 4.78 is 5.40. The highest BCUT2D eigenvalue weighted by Gasteiger charge is 2.30. The third kappa shape index (κ3) is 2.72.